The van der Waals surface area contributed by atoms with Gasteiger partial charge in [-0.3, -0.25) is 4.98 Å². The molecule has 6 heteroatoms. The third-order valence-corrected chi connectivity index (χ3v) is 3.60. The highest BCUT2D eigenvalue weighted by Crippen LogP contribution is 2.35. The first kappa shape index (κ1) is 13.2. The molecule has 0 bridgehead atoms. The summed E-state index contributed by atoms with van der Waals surface area (Å²) in [6.45, 7) is 8.03. The molecule has 2 aromatic rings. The quantitative estimate of drug-likeness (QED) is 0.866. The van der Waals surface area contributed by atoms with Crippen LogP contribution in [0.3, 0.4) is 0 Å². The molecule has 1 atom stereocenters. The molecule has 2 aromatic heterocycles. The molecule has 0 saturated heterocycles. The second kappa shape index (κ2) is 4.63. The summed E-state index contributed by atoms with van der Waals surface area (Å²) in [5, 5.41) is 11.9. The molecule has 0 saturated carbocycles. The van der Waals surface area contributed by atoms with Crippen molar-refractivity contribution in [3.63, 3.8) is 0 Å². The van der Waals surface area contributed by atoms with Crippen LogP contribution in [0.25, 0.3) is 11.4 Å². The number of pyridine rings is 1. The van der Waals surface area contributed by atoms with Crippen LogP contribution >= 0.6 is 0 Å². The van der Waals surface area contributed by atoms with E-state index in [9.17, 15) is 4.39 Å². The number of fused-ring (bicyclic) bond motifs is 1. The van der Waals surface area contributed by atoms with Crippen LogP contribution in [0.5, 0.6) is 0 Å². The minimum atomic E-state index is -0.367. The zero-order valence-corrected chi connectivity index (χ0v) is 11.9. The summed E-state index contributed by atoms with van der Waals surface area (Å²) in [6, 6.07) is 1.75. The van der Waals surface area contributed by atoms with Crippen LogP contribution in [0.15, 0.2) is 18.5 Å². The Kier molecular flexibility index (Phi) is 3.05. The summed E-state index contributed by atoms with van der Waals surface area (Å²) in [7, 11) is 0. The van der Waals surface area contributed by atoms with Crippen molar-refractivity contribution in [2.24, 2.45) is 5.41 Å². The van der Waals surface area contributed by atoms with E-state index in [-0.39, 0.29) is 17.3 Å². The summed E-state index contributed by atoms with van der Waals surface area (Å²) in [4.78, 5) is 3.78. The average molecular weight is 275 g/mol. The van der Waals surface area contributed by atoms with Gasteiger partial charge >= 0.3 is 0 Å². The van der Waals surface area contributed by atoms with E-state index in [0.717, 1.165) is 18.9 Å². The van der Waals surface area contributed by atoms with Crippen LogP contribution in [0, 0.1) is 11.2 Å². The standard InChI is InChI=1S/C14H18FN5/c1-14(2,3)11-13-19-18-12(20(13)7-6-17-11)9-4-5-16-8-10(9)15/h4-5,8,11,17H,6-7H2,1-3H3. The zero-order chi connectivity index (χ0) is 14.3. The van der Waals surface area contributed by atoms with Gasteiger partial charge in [-0.25, -0.2) is 4.39 Å². The minimum absolute atomic E-state index is 0.0270. The topological polar surface area (TPSA) is 55.6 Å². The fourth-order valence-electron chi connectivity index (χ4n) is 2.61. The van der Waals surface area contributed by atoms with E-state index in [1.807, 2.05) is 4.57 Å². The molecule has 0 aliphatic carbocycles. The number of rotatable bonds is 1. The van der Waals surface area contributed by atoms with Crippen LogP contribution in [0.1, 0.15) is 32.6 Å². The summed E-state index contributed by atoms with van der Waals surface area (Å²) in [5.74, 6) is 1.08. The Morgan fingerprint density at radius 1 is 1.35 bits per heavy atom. The van der Waals surface area contributed by atoms with Gasteiger partial charge in [0.15, 0.2) is 17.5 Å². The molecule has 0 radical (unpaired) electrons. The number of nitrogens with zero attached hydrogens (tertiary/aromatic N) is 4. The lowest BCUT2D eigenvalue weighted by atomic mass is 9.85. The van der Waals surface area contributed by atoms with Gasteiger partial charge in [0.05, 0.1) is 17.8 Å². The molecule has 0 fully saturated rings. The van der Waals surface area contributed by atoms with Crippen molar-refractivity contribution in [3.8, 4) is 11.4 Å². The number of halogens is 1. The molecule has 5 nitrogen and oxygen atoms in total. The summed E-state index contributed by atoms with van der Waals surface area (Å²) in [5.41, 5.74) is 0.479. The fourth-order valence-corrected chi connectivity index (χ4v) is 2.61. The normalized spacial score (nSPS) is 18.9. The molecule has 20 heavy (non-hydrogen) atoms. The second-order valence-electron chi connectivity index (χ2n) is 6.14. The maximum atomic E-state index is 13.9. The predicted octanol–water partition coefficient (Wildman–Crippen LogP) is 2.17. The van der Waals surface area contributed by atoms with Gasteiger partial charge in [0.1, 0.15) is 0 Å². The molecule has 3 rings (SSSR count). The molecular weight excluding hydrogens is 257 g/mol. The number of aromatic nitrogens is 4. The molecule has 106 valence electrons. The summed E-state index contributed by atoms with van der Waals surface area (Å²) in [6.07, 6.45) is 2.78. The molecule has 0 amide bonds. The lowest BCUT2D eigenvalue weighted by Gasteiger charge is -2.34. The maximum Gasteiger partial charge on any atom is 0.167 e. The first-order valence-electron chi connectivity index (χ1n) is 6.75. The van der Waals surface area contributed by atoms with Crippen molar-refractivity contribution in [2.45, 2.75) is 33.4 Å². The van der Waals surface area contributed by atoms with E-state index < -0.39 is 0 Å². The second-order valence-corrected chi connectivity index (χ2v) is 6.14. The highest BCUT2D eigenvalue weighted by Gasteiger charge is 2.34. The zero-order valence-electron chi connectivity index (χ0n) is 11.9. The Balaban J connectivity index is 2.10. The monoisotopic (exact) mass is 275 g/mol. The Morgan fingerprint density at radius 3 is 2.85 bits per heavy atom. The van der Waals surface area contributed by atoms with Gasteiger partial charge in [-0.1, -0.05) is 20.8 Å². The van der Waals surface area contributed by atoms with E-state index in [4.69, 9.17) is 0 Å². The average Bonchev–Trinajstić information content (AvgIpc) is 2.81. The van der Waals surface area contributed by atoms with Crippen LogP contribution < -0.4 is 5.32 Å². The van der Waals surface area contributed by atoms with Crippen molar-refractivity contribution >= 4 is 0 Å². The first-order valence-corrected chi connectivity index (χ1v) is 6.75. The maximum absolute atomic E-state index is 13.9. The SMILES string of the molecule is CC(C)(C)C1NCCn2c(-c3ccncc3F)nnc21. The Morgan fingerprint density at radius 2 is 2.15 bits per heavy atom. The van der Waals surface area contributed by atoms with Crippen LogP contribution in [0.4, 0.5) is 4.39 Å². The predicted molar refractivity (Wildman–Crippen MR) is 73.4 cm³/mol. The van der Waals surface area contributed by atoms with Crippen molar-refractivity contribution in [3.05, 3.63) is 30.1 Å². The van der Waals surface area contributed by atoms with E-state index in [1.54, 1.807) is 12.3 Å². The number of nitrogens with one attached hydrogen (secondary N) is 1. The fraction of sp³-hybridized carbons (Fsp3) is 0.500. The molecule has 3 heterocycles. The molecule has 1 unspecified atom stereocenters. The molecule has 1 aliphatic rings. The lowest BCUT2D eigenvalue weighted by Crippen LogP contribution is -2.40. The van der Waals surface area contributed by atoms with E-state index in [1.165, 1.54) is 6.20 Å². The van der Waals surface area contributed by atoms with Crippen molar-refractivity contribution in [1.29, 1.82) is 0 Å². The van der Waals surface area contributed by atoms with E-state index in [2.05, 4.69) is 41.3 Å². The lowest BCUT2D eigenvalue weighted by molar-refractivity contribution is 0.234. The van der Waals surface area contributed by atoms with Crippen molar-refractivity contribution in [1.82, 2.24) is 25.1 Å². The molecule has 1 N–H and O–H groups in total. The smallest absolute Gasteiger partial charge is 0.167 e. The largest absolute Gasteiger partial charge is 0.308 e. The third-order valence-electron chi connectivity index (χ3n) is 3.60. The Hall–Kier alpha value is -1.82. The van der Waals surface area contributed by atoms with Crippen LogP contribution in [0.2, 0.25) is 0 Å². The van der Waals surface area contributed by atoms with E-state index >= 15 is 0 Å². The minimum Gasteiger partial charge on any atom is -0.308 e. The first-order chi connectivity index (χ1) is 9.48. The number of hydrogen-bond acceptors (Lipinski definition) is 4. The molecular formula is C14H18FN5. The van der Waals surface area contributed by atoms with Crippen molar-refractivity contribution < 1.29 is 4.39 Å². The third kappa shape index (κ3) is 2.10. The van der Waals surface area contributed by atoms with Crippen molar-refractivity contribution in [2.75, 3.05) is 6.54 Å². The van der Waals surface area contributed by atoms with Gasteiger partial charge in [0.2, 0.25) is 0 Å². The van der Waals surface area contributed by atoms with Gasteiger partial charge in [-0.15, -0.1) is 10.2 Å². The Bertz CT molecular complexity index is 629. The highest BCUT2D eigenvalue weighted by atomic mass is 19.1. The van der Waals surface area contributed by atoms with Gasteiger partial charge in [0.25, 0.3) is 0 Å². The highest BCUT2D eigenvalue weighted by molar-refractivity contribution is 5.55. The molecule has 0 spiro atoms. The van der Waals surface area contributed by atoms with Gasteiger partial charge in [0, 0.05) is 19.3 Å². The Labute approximate surface area is 117 Å². The van der Waals surface area contributed by atoms with Crippen LogP contribution in [-0.2, 0) is 6.54 Å². The van der Waals surface area contributed by atoms with Gasteiger partial charge < -0.3 is 9.88 Å². The summed E-state index contributed by atoms with van der Waals surface area (Å²) >= 11 is 0. The van der Waals surface area contributed by atoms with E-state index in [0.29, 0.717) is 11.4 Å². The molecule has 0 aromatic carbocycles. The van der Waals surface area contributed by atoms with Gasteiger partial charge in [-0.2, -0.15) is 0 Å². The van der Waals surface area contributed by atoms with Gasteiger partial charge in [-0.05, 0) is 11.5 Å². The summed E-state index contributed by atoms with van der Waals surface area (Å²) < 4.78 is 15.9. The van der Waals surface area contributed by atoms with Crippen LogP contribution in [-0.4, -0.2) is 26.3 Å². The molecule has 1 aliphatic heterocycles. The number of hydrogen-bond donors (Lipinski definition) is 1.